The number of nitrogens with zero attached hydrogens (tertiary/aromatic N) is 1. The van der Waals surface area contributed by atoms with Crippen molar-refractivity contribution in [3.8, 4) is 0 Å². The molecule has 0 aliphatic rings. The molecule has 0 aliphatic heterocycles. The highest BCUT2D eigenvalue weighted by atomic mass is 127. The van der Waals surface area contributed by atoms with Gasteiger partial charge in [0.2, 0.25) is 0 Å². The molecule has 134 valence electrons. The highest BCUT2D eigenvalue weighted by Crippen LogP contribution is 2.26. The van der Waals surface area contributed by atoms with Crippen LogP contribution in [0.3, 0.4) is 0 Å². The highest BCUT2D eigenvalue weighted by Gasteiger charge is 2.17. The topological polar surface area (TPSA) is 122 Å². The zero-order valence-electron chi connectivity index (χ0n) is 12.7. The van der Waals surface area contributed by atoms with Gasteiger partial charge in [-0.25, -0.2) is 4.79 Å². The smallest absolute Gasteiger partial charge is 0.337 e. The van der Waals surface area contributed by atoms with Gasteiger partial charge in [0.15, 0.2) is 5.11 Å². The van der Waals surface area contributed by atoms with Crippen molar-refractivity contribution >= 4 is 85.8 Å². The molecule has 0 fully saturated rings. The summed E-state index contributed by atoms with van der Waals surface area (Å²) in [6.45, 7) is 0. The standard InChI is InChI=1S/C15H9I2N3O5S/c16-8-5-10(14(22)23)12(11(17)6-8)18-15(26)19-13(21)7-2-1-3-9(4-7)20(24)25/h1-6H,(H,22,23)(H2,18,19,21,26). The fourth-order valence-electron chi connectivity index (χ4n) is 1.95. The number of carboxylic acids is 1. The SMILES string of the molecule is O=C(NC(=S)Nc1c(I)cc(I)cc1C(=O)O)c1cccc([N+](=O)[O-])c1. The number of benzene rings is 2. The number of carboxylic acid groups (broad SMARTS) is 1. The van der Waals surface area contributed by atoms with E-state index in [1.54, 1.807) is 6.07 Å². The molecule has 2 rings (SSSR count). The number of thiocarbonyl (C=S) groups is 1. The summed E-state index contributed by atoms with van der Waals surface area (Å²) in [5.74, 6) is -1.79. The lowest BCUT2D eigenvalue weighted by molar-refractivity contribution is -0.384. The number of halogens is 2. The molecule has 1 amide bonds. The average Bonchev–Trinajstić information content (AvgIpc) is 2.56. The van der Waals surface area contributed by atoms with Gasteiger partial charge in [0, 0.05) is 24.8 Å². The summed E-state index contributed by atoms with van der Waals surface area (Å²) < 4.78 is 1.35. The first-order chi connectivity index (χ1) is 12.2. The average molecular weight is 597 g/mol. The number of amides is 1. The molecule has 2 aromatic carbocycles. The largest absolute Gasteiger partial charge is 0.478 e. The molecule has 0 heterocycles. The lowest BCUT2D eigenvalue weighted by Crippen LogP contribution is -2.34. The number of non-ortho nitro benzene ring substituents is 1. The Morgan fingerprint density at radius 1 is 1.19 bits per heavy atom. The minimum absolute atomic E-state index is 0.00764. The normalized spacial score (nSPS) is 10.1. The predicted octanol–water partition coefficient (Wildman–Crippen LogP) is 3.63. The lowest BCUT2D eigenvalue weighted by atomic mass is 10.2. The summed E-state index contributed by atoms with van der Waals surface area (Å²) in [4.78, 5) is 33.8. The van der Waals surface area contributed by atoms with Crippen LogP contribution < -0.4 is 10.6 Å². The molecule has 26 heavy (non-hydrogen) atoms. The van der Waals surface area contributed by atoms with Crippen molar-refractivity contribution in [3.63, 3.8) is 0 Å². The van der Waals surface area contributed by atoms with Crippen molar-refractivity contribution in [2.24, 2.45) is 0 Å². The van der Waals surface area contributed by atoms with E-state index in [9.17, 15) is 24.8 Å². The molecule has 0 aromatic heterocycles. The fourth-order valence-corrected chi connectivity index (χ4v) is 4.12. The molecular weight excluding hydrogens is 588 g/mol. The van der Waals surface area contributed by atoms with E-state index in [0.717, 1.165) is 9.64 Å². The Bertz CT molecular complexity index is 935. The Morgan fingerprint density at radius 3 is 2.50 bits per heavy atom. The van der Waals surface area contributed by atoms with E-state index in [4.69, 9.17) is 12.2 Å². The first kappa shape index (κ1) is 20.4. The molecule has 3 N–H and O–H groups in total. The minimum atomic E-state index is -1.14. The summed E-state index contributed by atoms with van der Waals surface area (Å²) in [7, 11) is 0. The van der Waals surface area contributed by atoms with Gasteiger partial charge in [0.1, 0.15) is 0 Å². The maximum Gasteiger partial charge on any atom is 0.337 e. The molecule has 0 atom stereocenters. The van der Waals surface area contributed by atoms with Crippen molar-refractivity contribution in [3.05, 3.63) is 64.8 Å². The molecule has 0 aliphatic carbocycles. The number of carbonyl (C=O) groups excluding carboxylic acids is 1. The Hall–Kier alpha value is -1.87. The number of rotatable bonds is 4. The molecule has 0 saturated heterocycles. The monoisotopic (exact) mass is 597 g/mol. The second kappa shape index (κ2) is 8.68. The molecule has 11 heteroatoms. The first-order valence-electron chi connectivity index (χ1n) is 6.78. The Balaban J connectivity index is 2.19. The summed E-state index contributed by atoms with van der Waals surface area (Å²) in [5.41, 5.74) is 0.0899. The summed E-state index contributed by atoms with van der Waals surface area (Å²) >= 11 is 9.01. The third-order valence-corrected chi connectivity index (χ3v) is 4.75. The van der Waals surface area contributed by atoms with Crippen LogP contribution in [0.5, 0.6) is 0 Å². The van der Waals surface area contributed by atoms with Gasteiger partial charge in [-0.05, 0) is 75.6 Å². The van der Waals surface area contributed by atoms with Crippen LogP contribution in [0.4, 0.5) is 11.4 Å². The van der Waals surface area contributed by atoms with Crippen LogP contribution in [0.1, 0.15) is 20.7 Å². The molecule has 2 aromatic rings. The number of carbonyl (C=O) groups is 2. The third kappa shape index (κ3) is 5.07. The molecule has 0 saturated carbocycles. The maximum absolute atomic E-state index is 12.2. The van der Waals surface area contributed by atoms with Crippen LogP contribution in [-0.2, 0) is 0 Å². The molecule has 0 radical (unpaired) electrons. The number of hydrogen-bond donors (Lipinski definition) is 3. The second-order valence-corrected chi connectivity index (χ2v) is 7.65. The Kier molecular flexibility index (Phi) is 6.82. The van der Waals surface area contributed by atoms with E-state index in [1.165, 1.54) is 24.3 Å². The van der Waals surface area contributed by atoms with Crippen molar-refractivity contribution in [1.82, 2.24) is 5.32 Å². The second-order valence-electron chi connectivity index (χ2n) is 4.83. The van der Waals surface area contributed by atoms with Crippen LogP contribution in [0.2, 0.25) is 0 Å². The minimum Gasteiger partial charge on any atom is -0.478 e. The van der Waals surface area contributed by atoms with E-state index in [2.05, 4.69) is 10.6 Å². The van der Waals surface area contributed by atoms with Crippen LogP contribution >= 0.6 is 57.4 Å². The van der Waals surface area contributed by atoms with Crippen LogP contribution in [0.25, 0.3) is 0 Å². The molecule has 8 nitrogen and oxygen atoms in total. The molecule has 0 spiro atoms. The van der Waals surface area contributed by atoms with Gasteiger partial charge in [0.25, 0.3) is 11.6 Å². The van der Waals surface area contributed by atoms with Gasteiger partial charge in [-0.2, -0.15) is 0 Å². The van der Waals surface area contributed by atoms with Gasteiger partial charge < -0.3 is 10.4 Å². The fraction of sp³-hybridized carbons (Fsp3) is 0. The van der Waals surface area contributed by atoms with E-state index in [-0.39, 0.29) is 27.6 Å². The Labute approximate surface area is 179 Å². The highest BCUT2D eigenvalue weighted by molar-refractivity contribution is 14.1. The summed E-state index contributed by atoms with van der Waals surface area (Å²) in [6.07, 6.45) is 0. The van der Waals surface area contributed by atoms with Gasteiger partial charge in [-0.15, -0.1) is 0 Å². The van der Waals surface area contributed by atoms with E-state index < -0.39 is 16.8 Å². The van der Waals surface area contributed by atoms with E-state index >= 15 is 0 Å². The van der Waals surface area contributed by atoms with Crippen molar-refractivity contribution in [2.45, 2.75) is 0 Å². The van der Waals surface area contributed by atoms with Crippen molar-refractivity contribution < 1.29 is 19.6 Å². The number of hydrogen-bond acceptors (Lipinski definition) is 5. The van der Waals surface area contributed by atoms with Gasteiger partial charge in [-0.1, -0.05) is 6.07 Å². The number of nitrogens with one attached hydrogen (secondary N) is 2. The van der Waals surface area contributed by atoms with Crippen molar-refractivity contribution in [1.29, 1.82) is 0 Å². The van der Waals surface area contributed by atoms with Crippen molar-refractivity contribution in [2.75, 3.05) is 5.32 Å². The number of nitro groups is 1. The van der Waals surface area contributed by atoms with Gasteiger partial charge in [-0.3, -0.25) is 20.2 Å². The number of nitro benzene ring substituents is 1. The molecule has 0 bridgehead atoms. The van der Waals surface area contributed by atoms with Crippen LogP contribution in [0, 0.1) is 17.3 Å². The number of aromatic carboxylic acids is 1. The quantitative estimate of drug-likeness (QED) is 0.213. The van der Waals surface area contributed by atoms with Gasteiger partial charge in [0.05, 0.1) is 16.2 Å². The van der Waals surface area contributed by atoms with E-state index in [0.29, 0.717) is 3.57 Å². The van der Waals surface area contributed by atoms with Crippen LogP contribution in [0.15, 0.2) is 36.4 Å². The first-order valence-corrected chi connectivity index (χ1v) is 9.34. The van der Waals surface area contributed by atoms with Crippen LogP contribution in [-0.4, -0.2) is 27.0 Å². The van der Waals surface area contributed by atoms with Gasteiger partial charge >= 0.3 is 5.97 Å². The Morgan fingerprint density at radius 2 is 1.88 bits per heavy atom. The lowest BCUT2D eigenvalue weighted by Gasteiger charge is -2.14. The third-order valence-electron chi connectivity index (χ3n) is 3.07. The zero-order valence-corrected chi connectivity index (χ0v) is 17.8. The molecule has 0 unspecified atom stereocenters. The summed E-state index contributed by atoms with van der Waals surface area (Å²) in [6, 6.07) is 8.39. The predicted molar refractivity (Wildman–Crippen MR) is 116 cm³/mol. The zero-order chi connectivity index (χ0) is 19.4. The maximum atomic E-state index is 12.2. The van der Waals surface area contributed by atoms with E-state index in [1.807, 2.05) is 45.2 Å². The summed E-state index contributed by atoms with van der Waals surface area (Å²) in [5, 5.41) is 25.1. The molecular formula is C15H9I2N3O5S. The number of anilines is 1.